The summed E-state index contributed by atoms with van der Waals surface area (Å²) in [4.78, 5) is 37.1. The van der Waals surface area contributed by atoms with Gasteiger partial charge in [0.25, 0.3) is 5.91 Å². The molecule has 0 bridgehead atoms. The zero-order valence-electron chi connectivity index (χ0n) is 17.6. The Kier molecular flexibility index (Phi) is 6.35. The number of guanidine groups is 1. The molecule has 4 rings (SSSR count). The second-order valence-electron chi connectivity index (χ2n) is 8.05. The average molecular weight is 495 g/mol. The fraction of sp³-hybridized carbons (Fsp3) is 0.550. The molecule has 3 heterocycles. The number of rotatable bonds is 5. The van der Waals surface area contributed by atoms with E-state index in [0.29, 0.717) is 11.7 Å². The van der Waals surface area contributed by atoms with E-state index in [1.807, 2.05) is 29.2 Å². The number of β-amino-alcohol motifs (C(OH)–C–C–N with tert-alkyl or cyclic N) is 1. The Hall–Kier alpha value is -2.37. The van der Waals surface area contributed by atoms with Gasteiger partial charge in [-0.2, -0.15) is 0 Å². The summed E-state index contributed by atoms with van der Waals surface area (Å²) >= 11 is 3.38. The summed E-state index contributed by atoms with van der Waals surface area (Å²) in [5.74, 6) is 0.889. The van der Waals surface area contributed by atoms with Gasteiger partial charge >= 0.3 is 6.03 Å². The van der Waals surface area contributed by atoms with Crippen molar-refractivity contribution in [3.8, 4) is 5.75 Å². The van der Waals surface area contributed by atoms with Crippen molar-refractivity contribution in [2.45, 2.75) is 18.3 Å². The summed E-state index contributed by atoms with van der Waals surface area (Å²) in [5, 5.41) is 13.1. The monoisotopic (exact) mass is 494 g/mol. The second kappa shape index (κ2) is 9.01. The minimum Gasteiger partial charge on any atom is -0.491 e. The summed E-state index contributed by atoms with van der Waals surface area (Å²) in [6, 6.07) is 6.21. The maximum atomic E-state index is 12.7. The minimum atomic E-state index is -0.851. The van der Waals surface area contributed by atoms with E-state index in [0.717, 1.165) is 30.7 Å². The lowest BCUT2D eigenvalue weighted by Crippen LogP contribution is -2.65. The van der Waals surface area contributed by atoms with Gasteiger partial charge in [0.1, 0.15) is 18.5 Å². The molecule has 3 atom stereocenters. The normalized spacial score (nSPS) is 25.3. The lowest BCUT2D eigenvalue weighted by atomic mass is 10.1. The molecule has 31 heavy (non-hydrogen) atoms. The lowest BCUT2D eigenvalue weighted by molar-refractivity contribution is -0.127. The number of urea groups is 1. The number of carbonyl (C=O) groups is 2. The Balaban J connectivity index is 1.49. The number of nitrogens with zero attached hydrogens (tertiary/aromatic N) is 5. The first-order valence-corrected chi connectivity index (χ1v) is 11.0. The average Bonchev–Trinajstić information content (AvgIpc) is 3.12. The van der Waals surface area contributed by atoms with Crippen molar-refractivity contribution in [2.75, 3.05) is 53.4 Å². The molecule has 168 valence electrons. The van der Waals surface area contributed by atoms with Gasteiger partial charge in [-0.1, -0.05) is 15.9 Å². The predicted molar refractivity (Wildman–Crippen MR) is 118 cm³/mol. The van der Waals surface area contributed by atoms with Gasteiger partial charge in [0, 0.05) is 37.7 Å². The molecular formula is C20H27BrN6O4. The Morgan fingerprint density at radius 2 is 1.87 bits per heavy atom. The number of likely N-dealkylation sites (N-methyl/N-ethyl adjacent to an activating group) is 2. The van der Waals surface area contributed by atoms with E-state index in [9.17, 15) is 14.7 Å². The number of aliphatic imine (C=N–C) groups is 1. The molecule has 0 aromatic heterocycles. The Labute approximate surface area is 189 Å². The highest BCUT2D eigenvalue weighted by Crippen LogP contribution is 2.26. The van der Waals surface area contributed by atoms with Gasteiger partial charge in [0.05, 0.1) is 6.54 Å². The van der Waals surface area contributed by atoms with Crippen LogP contribution in [-0.2, 0) is 4.79 Å². The number of hydrogen-bond acceptors (Lipinski definition) is 8. The van der Waals surface area contributed by atoms with Gasteiger partial charge in [-0.15, -0.1) is 0 Å². The molecule has 3 amide bonds. The third kappa shape index (κ3) is 4.63. The molecule has 0 radical (unpaired) electrons. The molecule has 2 fully saturated rings. The molecule has 11 heteroatoms. The number of carbonyl (C=O) groups excluding carboxylic acids is 2. The number of nitrogens with one attached hydrogen (secondary N) is 1. The van der Waals surface area contributed by atoms with Crippen molar-refractivity contribution < 1.29 is 19.4 Å². The number of amides is 3. The quantitative estimate of drug-likeness (QED) is 0.593. The zero-order valence-corrected chi connectivity index (χ0v) is 19.2. The molecule has 2 N–H and O–H groups in total. The highest BCUT2D eigenvalue weighted by molar-refractivity contribution is 9.10. The summed E-state index contributed by atoms with van der Waals surface area (Å²) < 4.78 is 6.65. The Bertz CT molecular complexity index is 858. The van der Waals surface area contributed by atoms with E-state index < -0.39 is 30.2 Å². The molecule has 2 saturated heterocycles. The number of aliphatic hydroxyl groups excluding tert-OH is 1. The number of ether oxygens (including phenoxy) is 1. The van der Waals surface area contributed by atoms with Gasteiger partial charge in [-0.3, -0.25) is 10.1 Å². The SMILES string of the molecule is CN1CCN(C2=NC3C(C(=O)NC(=O)N3C)N2CC(O)COc2ccc(Br)cc2)CC1. The summed E-state index contributed by atoms with van der Waals surface area (Å²) in [5.41, 5.74) is 0. The standard InChI is InChI=1S/C20H27BrN6O4/c1-24-7-9-26(10-8-24)19-22-17-16(18(29)23-20(30)25(17)2)27(19)11-14(28)12-31-15-5-3-13(21)4-6-15/h3-6,14,16-17,28H,7-12H2,1-2H3,(H,23,29,30). The number of piperazine rings is 1. The number of halogens is 1. The van der Waals surface area contributed by atoms with E-state index in [1.54, 1.807) is 7.05 Å². The largest absolute Gasteiger partial charge is 0.491 e. The summed E-state index contributed by atoms with van der Waals surface area (Å²) in [6.07, 6.45) is -1.47. The number of hydrogen-bond donors (Lipinski definition) is 2. The van der Waals surface area contributed by atoms with Gasteiger partial charge in [-0.05, 0) is 31.3 Å². The first-order chi connectivity index (χ1) is 14.8. The van der Waals surface area contributed by atoms with Gasteiger partial charge < -0.3 is 29.4 Å². The third-order valence-corrected chi connectivity index (χ3v) is 6.32. The van der Waals surface area contributed by atoms with Crippen molar-refractivity contribution >= 4 is 33.8 Å². The zero-order chi connectivity index (χ0) is 22.1. The third-order valence-electron chi connectivity index (χ3n) is 5.79. The van der Waals surface area contributed by atoms with Crippen LogP contribution in [0.1, 0.15) is 0 Å². The highest BCUT2D eigenvalue weighted by Gasteiger charge is 2.50. The molecule has 3 aliphatic rings. The number of aliphatic hydroxyl groups is 1. The lowest BCUT2D eigenvalue weighted by Gasteiger charge is -2.40. The highest BCUT2D eigenvalue weighted by atomic mass is 79.9. The number of benzene rings is 1. The van der Waals surface area contributed by atoms with Crippen LogP contribution >= 0.6 is 15.9 Å². The van der Waals surface area contributed by atoms with Crippen LogP contribution in [0, 0.1) is 0 Å². The fourth-order valence-electron chi connectivity index (χ4n) is 3.98. The molecule has 3 aliphatic heterocycles. The molecule has 0 saturated carbocycles. The maximum Gasteiger partial charge on any atom is 0.325 e. The van der Waals surface area contributed by atoms with E-state index >= 15 is 0 Å². The van der Waals surface area contributed by atoms with Crippen molar-refractivity contribution in [3.63, 3.8) is 0 Å². The van der Waals surface area contributed by atoms with Crippen LogP contribution in [0.15, 0.2) is 33.7 Å². The minimum absolute atomic E-state index is 0.0714. The number of fused-ring (bicyclic) bond motifs is 1. The number of imide groups is 1. The van der Waals surface area contributed by atoms with E-state index in [4.69, 9.17) is 9.73 Å². The second-order valence-corrected chi connectivity index (χ2v) is 8.97. The maximum absolute atomic E-state index is 12.7. The summed E-state index contributed by atoms with van der Waals surface area (Å²) in [7, 11) is 3.69. The van der Waals surface area contributed by atoms with E-state index in [1.165, 1.54) is 4.90 Å². The predicted octanol–water partition coefficient (Wildman–Crippen LogP) is -0.0159. The molecule has 3 unspecified atom stereocenters. The Morgan fingerprint density at radius 1 is 1.19 bits per heavy atom. The topological polar surface area (TPSA) is 101 Å². The van der Waals surface area contributed by atoms with Crippen molar-refractivity contribution in [1.82, 2.24) is 24.9 Å². The van der Waals surface area contributed by atoms with Crippen LogP contribution in [0.4, 0.5) is 4.79 Å². The van der Waals surface area contributed by atoms with Gasteiger partial charge in [0.2, 0.25) is 0 Å². The first kappa shape index (κ1) is 21.8. The summed E-state index contributed by atoms with van der Waals surface area (Å²) in [6.45, 7) is 3.50. The van der Waals surface area contributed by atoms with E-state index in [2.05, 4.69) is 38.1 Å². The smallest absolute Gasteiger partial charge is 0.325 e. The first-order valence-electron chi connectivity index (χ1n) is 10.3. The van der Waals surface area contributed by atoms with Gasteiger partial charge in [0.15, 0.2) is 18.2 Å². The van der Waals surface area contributed by atoms with Crippen LogP contribution in [0.25, 0.3) is 0 Å². The fourth-order valence-corrected chi connectivity index (χ4v) is 4.24. The Morgan fingerprint density at radius 3 is 2.55 bits per heavy atom. The van der Waals surface area contributed by atoms with E-state index in [-0.39, 0.29) is 13.2 Å². The molecule has 1 aromatic carbocycles. The van der Waals surface area contributed by atoms with Crippen LogP contribution in [0.2, 0.25) is 0 Å². The van der Waals surface area contributed by atoms with Crippen molar-refractivity contribution in [2.24, 2.45) is 4.99 Å². The van der Waals surface area contributed by atoms with Crippen LogP contribution in [0.5, 0.6) is 5.75 Å². The molecule has 0 aliphatic carbocycles. The van der Waals surface area contributed by atoms with Gasteiger partial charge in [-0.25, -0.2) is 9.79 Å². The van der Waals surface area contributed by atoms with Crippen LogP contribution < -0.4 is 10.1 Å². The molecule has 1 aromatic rings. The molecule has 10 nitrogen and oxygen atoms in total. The van der Waals surface area contributed by atoms with Crippen LogP contribution in [0.3, 0.4) is 0 Å². The molecule has 0 spiro atoms. The van der Waals surface area contributed by atoms with Crippen LogP contribution in [-0.4, -0.2) is 114 Å². The molecular weight excluding hydrogens is 468 g/mol. The van der Waals surface area contributed by atoms with Crippen molar-refractivity contribution in [1.29, 1.82) is 0 Å². The van der Waals surface area contributed by atoms with Crippen molar-refractivity contribution in [3.05, 3.63) is 28.7 Å².